The molecule has 1 aromatic carbocycles. The van der Waals surface area contributed by atoms with E-state index in [-0.39, 0.29) is 5.69 Å². The highest BCUT2D eigenvalue weighted by atomic mass is 19.2. The van der Waals surface area contributed by atoms with Crippen molar-refractivity contribution in [2.75, 3.05) is 5.32 Å². The second-order valence-corrected chi connectivity index (χ2v) is 3.55. The van der Waals surface area contributed by atoms with Gasteiger partial charge in [0.1, 0.15) is 11.5 Å². The minimum atomic E-state index is -1.44. The second kappa shape index (κ2) is 5.05. The third kappa shape index (κ3) is 2.87. The molecule has 0 bridgehead atoms. The lowest BCUT2D eigenvalue weighted by atomic mass is 10.2. The fourth-order valence-corrected chi connectivity index (χ4v) is 1.37. The van der Waals surface area contributed by atoms with Gasteiger partial charge >= 0.3 is 0 Å². The Morgan fingerprint density at radius 3 is 2.53 bits per heavy atom. The zero-order valence-electron chi connectivity index (χ0n) is 9.25. The predicted octanol–water partition coefficient (Wildman–Crippen LogP) is 2.89. The van der Waals surface area contributed by atoms with E-state index in [0.717, 1.165) is 6.07 Å². The normalized spacial score (nSPS) is 10.3. The molecule has 0 aliphatic carbocycles. The second-order valence-electron chi connectivity index (χ2n) is 3.55. The average Bonchev–Trinajstić information content (AvgIpc) is 2.35. The van der Waals surface area contributed by atoms with E-state index in [1.54, 1.807) is 0 Å². The molecule has 0 saturated heterocycles. The number of halogens is 4. The van der Waals surface area contributed by atoms with Gasteiger partial charge < -0.3 is 5.32 Å². The Kier molecular flexibility index (Phi) is 3.46. The van der Waals surface area contributed by atoms with E-state index in [0.29, 0.717) is 12.1 Å². The first-order valence-electron chi connectivity index (χ1n) is 5.06. The Bertz CT molecular complexity index is 646. The van der Waals surface area contributed by atoms with Crippen molar-refractivity contribution in [3.63, 3.8) is 0 Å². The fraction of sp³-hybridized carbons (Fsp3) is 0. The number of anilines is 1. The molecule has 0 aliphatic heterocycles. The van der Waals surface area contributed by atoms with Gasteiger partial charge in [0.05, 0.1) is 5.69 Å². The summed E-state index contributed by atoms with van der Waals surface area (Å²) < 4.78 is 51.9. The van der Waals surface area contributed by atoms with E-state index in [4.69, 9.17) is 0 Å². The molecular weight excluding hydrogens is 264 g/mol. The number of aromatic nitrogens is 1. The smallest absolute Gasteiger partial charge is 0.274 e. The molecule has 0 unspecified atom stereocenters. The zero-order valence-corrected chi connectivity index (χ0v) is 9.25. The lowest BCUT2D eigenvalue weighted by Crippen LogP contribution is -2.15. The summed E-state index contributed by atoms with van der Waals surface area (Å²) in [5, 5.41) is 1.91. The molecule has 0 saturated carbocycles. The van der Waals surface area contributed by atoms with E-state index in [1.807, 2.05) is 5.32 Å². The van der Waals surface area contributed by atoms with Gasteiger partial charge in [0.25, 0.3) is 5.91 Å². The molecule has 0 atom stereocenters. The van der Waals surface area contributed by atoms with E-state index < -0.39 is 35.0 Å². The topological polar surface area (TPSA) is 42.0 Å². The van der Waals surface area contributed by atoms with Gasteiger partial charge in [0.2, 0.25) is 5.95 Å². The van der Waals surface area contributed by atoms with Crippen LogP contribution in [0.2, 0.25) is 0 Å². The first-order chi connectivity index (χ1) is 8.97. The van der Waals surface area contributed by atoms with E-state index in [1.165, 1.54) is 12.1 Å². The molecule has 3 nitrogen and oxygen atoms in total. The van der Waals surface area contributed by atoms with Gasteiger partial charge in [-0.05, 0) is 12.1 Å². The first-order valence-corrected chi connectivity index (χ1v) is 5.06. The number of pyridine rings is 1. The fourth-order valence-electron chi connectivity index (χ4n) is 1.37. The van der Waals surface area contributed by atoms with Crippen LogP contribution in [0.15, 0.2) is 30.3 Å². The number of hydrogen-bond acceptors (Lipinski definition) is 2. The summed E-state index contributed by atoms with van der Waals surface area (Å²) in [4.78, 5) is 14.8. The number of rotatable bonds is 2. The lowest BCUT2D eigenvalue weighted by Gasteiger charge is -2.06. The third-order valence-corrected chi connectivity index (χ3v) is 2.19. The van der Waals surface area contributed by atoms with Gasteiger partial charge in [-0.1, -0.05) is 6.07 Å². The monoisotopic (exact) mass is 270 g/mol. The molecule has 1 heterocycles. The highest BCUT2D eigenvalue weighted by Gasteiger charge is 2.15. The maximum Gasteiger partial charge on any atom is 0.274 e. The maximum atomic E-state index is 13.3. The molecule has 1 aromatic heterocycles. The van der Waals surface area contributed by atoms with Crippen molar-refractivity contribution in [3.05, 3.63) is 59.4 Å². The Hall–Kier alpha value is -2.44. The van der Waals surface area contributed by atoms with Gasteiger partial charge in [0.15, 0.2) is 11.6 Å². The number of carbonyl (C=O) groups is 1. The van der Waals surface area contributed by atoms with Crippen LogP contribution in [0.3, 0.4) is 0 Å². The van der Waals surface area contributed by atoms with Crippen LogP contribution in [-0.4, -0.2) is 10.9 Å². The van der Waals surface area contributed by atoms with Gasteiger partial charge in [-0.2, -0.15) is 4.39 Å². The summed E-state index contributed by atoms with van der Waals surface area (Å²) in [7, 11) is 0. The number of hydrogen-bond donors (Lipinski definition) is 1. The quantitative estimate of drug-likeness (QED) is 0.518. The van der Waals surface area contributed by atoms with Crippen LogP contribution in [0.5, 0.6) is 0 Å². The Balaban J connectivity index is 2.29. The van der Waals surface area contributed by atoms with Crippen molar-refractivity contribution in [1.29, 1.82) is 0 Å². The van der Waals surface area contributed by atoms with Gasteiger partial charge in [0, 0.05) is 12.1 Å². The molecule has 0 radical (unpaired) electrons. The highest BCUT2D eigenvalue weighted by Crippen LogP contribution is 2.19. The number of nitrogens with zero attached hydrogens (tertiary/aromatic N) is 1. The van der Waals surface area contributed by atoms with Crippen molar-refractivity contribution in [3.8, 4) is 0 Å². The van der Waals surface area contributed by atoms with Crippen LogP contribution in [0, 0.1) is 23.4 Å². The lowest BCUT2D eigenvalue weighted by molar-refractivity contribution is 0.102. The summed E-state index contributed by atoms with van der Waals surface area (Å²) in [6.45, 7) is 0. The SMILES string of the molecule is O=C(Nc1cc(F)cc(F)c1F)c1cccc(F)n1. The molecule has 0 aliphatic rings. The van der Waals surface area contributed by atoms with Gasteiger partial charge in [-0.15, -0.1) is 0 Å². The van der Waals surface area contributed by atoms with Crippen molar-refractivity contribution in [2.45, 2.75) is 0 Å². The molecule has 1 amide bonds. The summed E-state index contributed by atoms with van der Waals surface area (Å²) >= 11 is 0. The minimum Gasteiger partial charge on any atom is -0.318 e. The molecule has 98 valence electrons. The van der Waals surface area contributed by atoms with Crippen molar-refractivity contribution >= 4 is 11.6 Å². The van der Waals surface area contributed by atoms with E-state index >= 15 is 0 Å². The van der Waals surface area contributed by atoms with Crippen LogP contribution >= 0.6 is 0 Å². The van der Waals surface area contributed by atoms with Gasteiger partial charge in [-0.25, -0.2) is 18.2 Å². The summed E-state index contributed by atoms with van der Waals surface area (Å²) in [5.74, 6) is -5.79. The number of nitrogens with one attached hydrogen (secondary N) is 1. The largest absolute Gasteiger partial charge is 0.318 e. The van der Waals surface area contributed by atoms with Crippen LogP contribution < -0.4 is 5.32 Å². The molecule has 2 rings (SSSR count). The Morgan fingerprint density at radius 1 is 1.11 bits per heavy atom. The third-order valence-electron chi connectivity index (χ3n) is 2.19. The minimum absolute atomic E-state index is 0.339. The Labute approximate surface area is 104 Å². The number of amides is 1. The molecular formula is C12H6F4N2O. The van der Waals surface area contributed by atoms with E-state index in [9.17, 15) is 22.4 Å². The zero-order chi connectivity index (χ0) is 14.0. The van der Waals surface area contributed by atoms with Crippen LogP contribution in [0.1, 0.15) is 10.5 Å². The summed E-state index contributed by atoms with van der Waals surface area (Å²) in [6, 6.07) is 4.35. The summed E-state index contributed by atoms with van der Waals surface area (Å²) in [5.41, 5.74) is -1.03. The molecule has 0 fully saturated rings. The molecule has 1 N–H and O–H groups in total. The first kappa shape index (κ1) is 13.0. The molecule has 7 heteroatoms. The molecule has 19 heavy (non-hydrogen) atoms. The Morgan fingerprint density at radius 2 is 1.84 bits per heavy atom. The van der Waals surface area contributed by atoms with Crippen molar-refractivity contribution < 1.29 is 22.4 Å². The number of carbonyl (C=O) groups excluding carboxylic acids is 1. The van der Waals surface area contributed by atoms with Crippen LogP contribution in [-0.2, 0) is 0 Å². The maximum absolute atomic E-state index is 13.3. The van der Waals surface area contributed by atoms with Crippen molar-refractivity contribution in [1.82, 2.24) is 4.98 Å². The molecule has 0 spiro atoms. The van der Waals surface area contributed by atoms with Crippen LogP contribution in [0.4, 0.5) is 23.2 Å². The number of benzene rings is 1. The standard InChI is InChI=1S/C12H6F4N2O/c13-6-4-7(14)11(16)9(5-6)18-12(19)8-2-1-3-10(15)17-8/h1-5H,(H,18,19). The van der Waals surface area contributed by atoms with Gasteiger partial charge in [-0.3, -0.25) is 4.79 Å². The average molecular weight is 270 g/mol. The predicted molar refractivity (Wildman–Crippen MR) is 58.5 cm³/mol. The van der Waals surface area contributed by atoms with Crippen LogP contribution in [0.25, 0.3) is 0 Å². The molecule has 2 aromatic rings. The van der Waals surface area contributed by atoms with Crippen molar-refractivity contribution in [2.24, 2.45) is 0 Å². The summed E-state index contributed by atoms with van der Waals surface area (Å²) in [6.07, 6.45) is 0. The van der Waals surface area contributed by atoms with E-state index in [2.05, 4.69) is 4.98 Å². The highest BCUT2D eigenvalue weighted by molar-refractivity contribution is 6.02.